The monoisotopic (exact) mass is 172 g/mol. The van der Waals surface area contributed by atoms with Gasteiger partial charge in [-0.05, 0) is 6.92 Å². The molecule has 11 heavy (non-hydrogen) atoms. The number of thiazole rings is 1. The second kappa shape index (κ2) is 3.43. The molecular formula is C6H8N2O2S. The van der Waals surface area contributed by atoms with E-state index in [9.17, 15) is 10.1 Å². The van der Waals surface area contributed by atoms with Crippen LogP contribution in [0.4, 0.5) is 0 Å². The highest BCUT2D eigenvalue weighted by atomic mass is 32.1. The molecule has 0 atom stereocenters. The smallest absolute Gasteiger partial charge is 0.209 e. The topological polar surface area (TPSA) is 56.0 Å². The minimum Gasteiger partial charge on any atom is -0.265 e. The van der Waals surface area contributed by atoms with Crippen LogP contribution < -0.4 is 0 Å². The molecular weight excluding hydrogens is 164 g/mol. The van der Waals surface area contributed by atoms with Crippen LogP contribution in [0, 0.1) is 17.0 Å². The number of aryl methyl sites for hydroxylation is 1. The molecule has 0 unspecified atom stereocenters. The van der Waals surface area contributed by atoms with Gasteiger partial charge in [-0.2, -0.15) is 0 Å². The van der Waals surface area contributed by atoms with Crippen LogP contribution in [0.5, 0.6) is 0 Å². The zero-order valence-electron chi connectivity index (χ0n) is 6.11. The maximum absolute atomic E-state index is 9.96. The summed E-state index contributed by atoms with van der Waals surface area (Å²) in [5.41, 5.74) is 0.823. The van der Waals surface area contributed by atoms with E-state index in [4.69, 9.17) is 0 Å². The molecule has 0 aliphatic carbocycles. The van der Waals surface area contributed by atoms with Crippen molar-refractivity contribution in [3.05, 3.63) is 26.2 Å². The summed E-state index contributed by atoms with van der Waals surface area (Å²) in [4.78, 5) is 13.7. The Morgan fingerprint density at radius 1 is 1.82 bits per heavy atom. The predicted molar refractivity (Wildman–Crippen MR) is 42.4 cm³/mol. The first-order chi connectivity index (χ1) is 5.18. The highest BCUT2D eigenvalue weighted by Gasteiger charge is 2.02. The Balaban J connectivity index is 2.45. The third-order valence-corrected chi connectivity index (χ3v) is 2.04. The highest BCUT2D eigenvalue weighted by molar-refractivity contribution is 7.09. The van der Waals surface area contributed by atoms with E-state index < -0.39 is 0 Å². The molecule has 60 valence electrons. The molecule has 0 amide bonds. The van der Waals surface area contributed by atoms with Crippen LogP contribution in [0.25, 0.3) is 0 Å². The van der Waals surface area contributed by atoms with Gasteiger partial charge in [0, 0.05) is 10.3 Å². The van der Waals surface area contributed by atoms with Gasteiger partial charge in [0.1, 0.15) is 0 Å². The maximum atomic E-state index is 9.96. The third kappa shape index (κ3) is 2.63. The summed E-state index contributed by atoms with van der Waals surface area (Å²) in [6, 6.07) is 0. The van der Waals surface area contributed by atoms with Gasteiger partial charge in [-0.25, -0.2) is 4.98 Å². The van der Waals surface area contributed by atoms with E-state index in [2.05, 4.69) is 4.98 Å². The number of aromatic nitrogens is 1. The van der Waals surface area contributed by atoms with E-state index >= 15 is 0 Å². The largest absolute Gasteiger partial charge is 0.265 e. The fraction of sp³-hybridized carbons (Fsp3) is 0.500. The number of hydrogen-bond acceptors (Lipinski definition) is 4. The Bertz CT molecular complexity index is 259. The lowest BCUT2D eigenvalue weighted by Crippen LogP contribution is -2.03. The van der Waals surface area contributed by atoms with Crippen LogP contribution >= 0.6 is 11.3 Å². The van der Waals surface area contributed by atoms with Gasteiger partial charge in [-0.3, -0.25) is 10.1 Å². The first kappa shape index (κ1) is 8.13. The van der Waals surface area contributed by atoms with Crippen molar-refractivity contribution in [1.82, 2.24) is 4.98 Å². The number of rotatable bonds is 3. The molecule has 0 radical (unpaired) electrons. The van der Waals surface area contributed by atoms with Crippen LogP contribution in [0.15, 0.2) is 5.38 Å². The molecule has 0 aliphatic heterocycles. The van der Waals surface area contributed by atoms with Crippen LogP contribution in [0.2, 0.25) is 0 Å². The Morgan fingerprint density at radius 3 is 3.00 bits per heavy atom. The lowest BCUT2D eigenvalue weighted by Gasteiger charge is -1.88. The molecule has 1 rings (SSSR count). The Kier molecular flexibility index (Phi) is 2.53. The minimum absolute atomic E-state index is 0.0246. The summed E-state index contributed by atoms with van der Waals surface area (Å²) in [7, 11) is 0. The standard InChI is InChI=1S/C6H8N2O2S/c1-5-7-6(4-11-5)2-3-8(9)10/h4H,2-3H2,1H3. The Hall–Kier alpha value is -0.970. The van der Waals surface area contributed by atoms with Crippen LogP contribution in [-0.4, -0.2) is 16.5 Å². The van der Waals surface area contributed by atoms with Crippen molar-refractivity contribution in [1.29, 1.82) is 0 Å². The SMILES string of the molecule is Cc1nc(CC[N+](=O)[O-])cs1. The molecule has 0 aromatic carbocycles. The Labute approximate surface area is 68.0 Å². The minimum atomic E-state index is -0.325. The summed E-state index contributed by atoms with van der Waals surface area (Å²) >= 11 is 1.52. The van der Waals surface area contributed by atoms with E-state index in [1.165, 1.54) is 11.3 Å². The second-order valence-electron chi connectivity index (χ2n) is 2.16. The van der Waals surface area contributed by atoms with Crippen LogP contribution in [-0.2, 0) is 6.42 Å². The molecule has 1 heterocycles. The highest BCUT2D eigenvalue weighted by Crippen LogP contribution is 2.07. The Morgan fingerprint density at radius 2 is 2.55 bits per heavy atom. The molecule has 0 spiro atoms. The van der Waals surface area contributed by atoms with Crippen LogP contribution in [0.3, 0.4) is 0 Å². The van der Waals surface area contributed by atoms with E-state index in [-0.39, 0.29) is 11.5 Å². The second-order valence-corrected chi connectivity index (χ2v) is 3.23. The zero-order valence-corrected chi connectivity index (χ0v) is 6.93. The molecule has 5 heteroatoms. The average molecular weight is 172 g/mol. The summed E-state index contributed by atoms with van der Waals surface area (Å²) in [5.74, 6) is 0. The lowest BCUT2D eigenvalue weighted by molar-refractivity contribution is -0.479. The molecule has 0 saturated carbocycles. The van der Waals surface area contributed by atoms with Crippen molar-refractivity contribution < 1.29 is 4.92 Å². The van der Waals surface area contributed by atoms with Crippen molar-refractivity contribution in [2.45, 2.75) is 13.3 Å². The van der Waals surface area contributed by atoms with Gasteiger partial charge in [-0.15, -0.1) is 11.3 Å². The molecule has 0 N–H and O–H groups in total. The molecule has 0 fully saturated rings. The normalized spacial score (nSPS) is 9.91. The van der Waals surface area contributed by atoms with E-state index in [1.807, 2.05) is 12.3 Å². The van der Waals surface area contributed by atoms with Crippen molar-refractivity contribution in [2.24, 2.45) is 0 Å². The van der Waals surface area contributed by atoms with Crippen molar-refractivity contribution in [3.63, 3.8) is 0 Å². The molecule has 0 bridgehead atoms. The van der Waals surface area contributed by atoms with Crippen molar-refractivity contribution in [3.8, 4) is 0 Å². The van der Waals surface area contributed by atoms with Crippen molar-refractivity contribution >= 4 is 11.3 Å². The third-order valence-electron chi connectivity index (χ3n) is 1.22. The molecule has 4 nitrogen and oxygen atoms in total. The van der Waals surface area contributed by atoms with E-state index in [1.54, 1.807) is 0 Å². The molecule has 0 saturated heterocycles. The van der Waals surface area contributed by atoms with E-state index in [0.717, 1.165) is 10.7 Å². The summed E-state index contributed by atoms with van der Waals surface area (Å²) in [6.45, 7) is 1.86. The predicted octanol–water partition coefficient (Wildman–Crippen LogP) is 1.27. The fourth-order valence-electron chi connectivity index (χ4n) is 0.729. The number of nitrogens with zero attached hydrogens (tertiary/aromatic N) is 2. The number of hydrogen-bond donors (Lipinski definition) is 0. The lowest BCUT2D eigenvalue weighted by atomic mass is 10.3. The quantitative estimate of drug-likeness (QED) is 0.509. The summed E-state index contributed by atoms with van der Waals surface area (Å²) < 4.78 is 0. The zero-order chi connectivity index (χ0) is 8.27. The number of nitro groups is 1. The van der Waals surface area contributed by atoms with Crippen molar-refractivity contribution in [2.75, 3.05) is 6.54 Å². The molecule has 1 aromatic heterocycles. The van der Waals surface area contributed by atoms with Gasteiger partial charge in [0.05, 0.1) is 17.1 Å². The van der Waals surface area contributed by atoms with Gasteiger partial charge in [0.15, 0.2) is 0 Å². The van der Waals surface area contributed by atoms with Gasteiger partial charge in [0.2, 0.25) is 6.54 Å². The van der Waals surface area contributed by atoms with Gasteiger partial charge < -0.3 is 0 Å². The maximum Gasteiger partial charge on any atom is 0.209 e. The summed E-state index contributed by atoms with van der Waals surface area (Å²) in [6.07, 6.45) is 0.442. The average Bonchev–Trinajstić information content (AvgIpc) is 2.31. The fourth-order valence-corrected chi connectivity index (χ4v) is 1.38. The first-order valence-corrected chi connectivity index (χ1v) is 4.09. The molecule has 1 aromatic rings. The first-order valence-electron chi connectivity index (χ1n) is 3.21. The summed E-state index contributed by atoms with van der Waals surface area (Å²) in [5, 5.41) is 12.8. The van der Waals surface area contributed by atoms with E-state index in [0.29, 0.717) is 6.42 Å². The van der Waals surface area contributed by atoms with Gasteiger partial charge in [-0.1, -0.05) is 0 Å². The molecule has 0 aliphatic rings. The van der Waals surface area contributed by atoms with Gasteiger partial charge >= 0.3 is 0 Å². The van der Waals surface area contributed by atoms with Crippen LogP contribution in [0.1, 0.15) is 10.7 Å². The van der Waals surface area contributed by atoms with Gasteiger partial charge in [0.25, 0.3) is 0 Å².